The van der Waals surface area contributed by atoms with Gasteiger partial charge in [0.2, 0.25) is 5.91 Å². The first-order valence-corrected chi connectivity index (χ1v) is 6.93. The molecule has 21 heavy (non-hydrogen) atoms. The number of ether oxygens (including phenoxy) is 1. The van der Waals surface area contributed by atoms with Crippen LogP contribution in [0.25, 0.3) is 10.9 Å². The molecule has 2 aromatic rings. The Hall–Kier alpha value is -2.14. The molecule has 5 nitrogen and oxygen atoms in total. The molecule has 0 saturated carbocycles. The van der Waals surface area contributed by atoms with E-state index in [0.29, 0.717) is 6.54 Å². The van der Waals surface area contributed by atoms with Crippen LogP contribution in [-0.4, -0.2) is 37.9 Å². The second-order valence-electron chi connectivity index (χ2n) is 4.99. The van der Waals surface area contributed by atoms with E-state index in [0.717, 1.165) is 29.2 Å². The number of benzene rings is 1. The molecule has 1 amide bonds. The van der Waals surface area contributed by atoms with Crippen molar-refractivity contribution in [1.29, 1.82) is 0 Å². The van der Waals surface area contributed by atoms with Crippen LogP contribution in [0.3, 0.4) is 0 Å². The molecule has 3 rings (SSSR count). The highest BCUT2D eigenvalue weighted by molar-refractivity contribution is 5.95. The molecule has 1 aromatic heterocycles. The number of H-pyrrole nitrogens is 1. The zero-order chi connectivity index (χ0) is 15.2. The molecule has 1 unspecified atom stereocenters. The molecule has 0 spiro atoms. The number of carbonyl (C=O) groups is 2. The summed E-state index contributed by atoms with van der Waals surface area (Å²) in [5.74, 6) is -0.428. The fraction of sp³-hybridized carbons (Fsp3) is 0.375. The highest BCUT2D eigenvalue weighted by atomic mass is 16.4. The largest absolute Gasteiger partial charge is 0.388 e. The number of aldehydes is 1. The predicted molar refractivity (Wildman–Crippen MR) is 81.4 cm³/mol. The van der Waals surface area contributed by atoms with E-state index < -0.39 is 0 Å². The van der Waals surface area contributed by atoms with E-state index in [1.54, 1.807) is 14.2 Å². The minimum absolute atomic E-state index is 0.0542. The first kappa shape index (κ1) is 15.3. The maximum absolute atomic E-state index is 12.0. The van der Waals surface area contributed by atoms with E-state index in [9.17, 15) is 9.59 Å². The van der Waals surface area contributed by atoms with Gasteiger partial charge in [0, 0.05) is 44.3 Å². The van der Waals surface area contributed by atoms with Gasteiger partial charge in [0.05, 0.1) is 5.92 Å². The predicted octanol–water partition coefficient (Wildman–Crippen LogP) is 1.78. The Morgan fingerprint density at radius 1 is 1.38 bits per heavy atom. The van der Waals surface area contributed by atoms with Crippen LogP contribution in [0.15, 0.2) is 24.4 Å². The van der Waals surface area contributed by atoms with E-state index in [2.05, 4.69) is 15.0 Å². The van der Waals surface area contributed by atoms with Crippen molar-refractivity contribution in [3.8, 4) is 0 Å². The van der Waals surface area contributed by atoms with Crippen molar-refractivity contribution in [2.45, 2.75) is 18.8 Å². The summed E-state index contributed by atoms with van der Waals surface area (Å²) in [6.45, 7) is 0.621. The van der Waals surface area contributed by atoms with E-state index >= 15 is 0 Å². The highest BCUT2D eigenvalue weighted by Crippen LogP contribution is 2.31. The summed E-state index contributed by atoms with van der Waals surface area (Å²) < 4.78 is 4.25. The van der Waals surface area contributed by atoms with E-state index in [1.165, 1.54) is 5.56 Å². The first-order chi connectivity index (χ1) is 10.2. The Bertz CT molecular complexity index is 633. The van der Waals surface area contributed by atoms with Crippen molar-refractivity contribution in [2.24, 2.45) is 0 Å². The van der Waals surface area contributed by atoms with Crippen molar-refractivity contribution in [1.82, 2.24) is 10.3 Å². The minimum atomic E-state index is -0.374. The molecule has 0 aliphatic carbocycles. The van der Waals surface area contributed by atoms with Crippen LogP contribution in [0.5, 0.6) is 0 Å². The van der Waals surface area contributed by atoms with E-state index in [1.807, 2.05) is 24.4 Å². The molecule has 1 atom stereocenters. The molecule has 2 N–H and O–H groups in total. The Kier molecular flexibility index (Phi) is 5.11. The summed E-state index contributed by atoms with van der Waals surface area (Å²) in [5, 5.41) is 3.99. The second kappa shape index (κ2) is 7.04. The zero-order valence-electron chi connectivity index (χ0n) is 12.3. The number of rotatable bonds is 2. The van der Waals surface area contributed by atoms with Gasteiger partial charge < -0.3 is 19.8 Å². The minimum Gasteiger partial charge on any atom is -0.388 e. The lowest BCUT2D eigenvalue weighted by Crippen LogP contribution is -2.32. The van der Waals surface area contributed by atoms with Gasteiger partial charge in [-0.25, -0.2) is 0 Å². The van der Waals surface area contributed by atoms with E-state index in [4.69, 9.17) is 0 Å². The van der Waals surface area contributed by atoms with Crippen molar-refractivity contribution >= 4 is 23.1 Å². The summed E-state index contributed by atoms with van der Waals surface area (Å²) in [6.07, 6.45) is 3.85. The van der Waals surface area contributed by atoms with Crippen LogP contribution in [0.4, 0.5) is 0 Å². The van der Waals surface area contributed by atoms with Crippen molar-refractivity contribution in [3.63, 3.8) is 0 Å². The number of carbonyl (C=O) groups excluding carboxylic acids is 2. The number of methoxy groups -OCH3 is 1. The Labute approximate surface area is 123 Å². The smallest absolute Gasteiger partial charge is 0.228 e. The lowest BCUT2D eigenvalue weighted by atomic mass is 9.89. The maximum Gasteiger partial charge on any atom is 0.228 e. The van der Waals surface area contributed by atoms with Crippen LogP contribution >= 0.6 is 0 Å². The van der Waals surface area contributed by atoms with Gasteiger partial charge in [-0.3, -0.25) is 4.79 Å². The second-order valence-corrected chi connectivity index (χ2v) is 4.99. The Morgan fingerprint density at radius 2 is 2.14 bits per heavy atom. The summed E-state index contributed by atoms with van der Waals surface area (Å²) >= 11 is 0. The third kappa shape index (κ3) is 3.13. The highest BCUT2D eigenvalue weighted by Gasteiger charge is 2.25. The van der Waals surface area contributed by atoms with Crippen molar-refractivity contribution < 1.29 is 14.3 Å². The van der Waals surface area contributed by atoms with Gasteiger partial charge in [-0.2, -0.15) is 0 Å². The van der Waals surface area contributed by atoms with Crippen LogP contribution < -0.4 is 5.32 Å². The van der Waals surface area contributed by atoms with Gasteiger partial charge in [0.25, 0.3) is 0 Å². The molecule has 0 fully saturated rings. The van der Waals surface area contributed by atoms with Crippen molar-refractivity contribution in [3.05, 3.63) is 35.5 Å². The normalized spacial score (nSPS) is 17.2. The fourth-order valence-corrected chi connectivity index (χ4v) is 2.69. The van der Waals surface area contributed by atoms with Gasteiger partial charge in [0.1, 0.15) is 6.29 Å². The molecule has 1 aliphatic heterocycles. The lowest BCUT2D eigenvalue weighted by molar-refractivity contribution is -0.124. The molecule has 0 radical (unpaired) electrons. The molecule has 5 heteroatoms. The van der Waals surface area contributed by atoms with Crippen molar-refractivity contribution in [2.75, 3.05) is 20.8 Å². The number of aromatic amines is 1. The topological polar surface area (TPSA) is 71.2 Å². The average Bonchev–Trinajstić information content (AvgIpc) is 2.88. The average molecular weight is 288 g/mol. The molecule has 112 valence electrons. The molecule has 0 bridgehead atoms. The third-order valence-corrected chi connectivity index (χ3v) is 3.54. The summed E-state index contributed by atoms with van der Waals surface area (Å²) in [6, 6.07) is 5.86. The third-order valence-electron chi connectivity index (χ3n) is 3.54. The molecular formula is C16H20N2O3. The summed E-state index contributed by atoms with van der Waals surface area (Å²) in [5.41, 5.74) is 3.19. The van der Waals surface area contributed by atoms with Gasteiger partial charge in [-0.15, -0.1) is 0 Å². The van der Waals surface area contributed by atoms with Gasteiger partial charge >= 0.3 is 0 Å². The number of amides is 1. The Balaban J connectivity index is 0.000000497. The van der Waals surface area contributed by atoms with Gasteiger partial charge in [0.15, 0.2) is 0 Å². The van der Waals surface area contributed by atoms with Crippen LogP contribution in [-0.2, 0) is 20.7 Å². The summed E-state index contributed by atoms with van der Waals surface area (Å²) in [4.78, 5) is 26.1. The lowest BCUT2D eigenvalue weighted by Gasteiger charge is -2.19. The molecular weight excluding hydrogens is 268 g/mol. The quantitative estimate of drug-likeness (QED) is 0.827. The summed E-state index contributed by atoms with van der Waals surface area (Å²) in [7, 11) is 3.25. The zero-order valence-corrected chi connectivity index (χ0v) is 12.3. The van der Waals surface area contributed by atoms with E-state index in [-0.39, 0.29) is 18.2 Å². The first-order valence-electron chi connectivity index (χ1n) is 6.93. The fourth-order valence-electron chi connectivity index (χ4n) is 2.69. The number of aromatic nitrogens is 1. The SMILES string of the molecule is COC.O=CCC1C(=O)NCCc2c[nH]c3cccc1c23. The molecule has 1 aliphatic rings. The number of hydrogen-bond donors (Lipinski definition) is 2. The monoisotopic (exact) mass is 288 g/mol. The molecule has 0 saturated heterocycles. The number of nitrogens with one attached hydrogen (secondary N) is 2. The van der Waals surface area contributed by atoms with Gasteiger partial charge in [-0.1, -0.05) is 12.1 Å². The standard InChI is InChI=1S/C14H14N2O2.C2H6O/c17-7-5-11-10-2-1-3-12-13(10)9(8-16-12)4-6-15-14(11)18;1-3-2/h1-3,7-8,11,16H,4-6H2,(H,15,18);1-2H3. The molecule has 2 heterocycles. The Morgan fingerprint density at radius 3 is 2.86 bits per heavy atom. The van der Waals surface area contributed by atoms with Gasteiger partial charge in [-0.05, 0) is 23.6 Å². The number of hydrogen-bond acceptors (Lipinski definition) is 3. The maximum atomic E-state index is 12.0. The molecule has 1 aromatic carbocycles. The van der Waals surface area contributed by atoms with Crippen LogP contribution in [0, 0.1) is 0 Å². The van der Waals surface area contributed by atoms with Crippen LogP contribution in [0.2, 0.25) is 0 Å². The van der Waals surface area contributed by atoms with Crippen LogP contribution in [0.1, 0.15) is 23.5 Å².